The van der Waals surface area contributed by atoms with Crippen LogP contribution >= 0.6 is 0 Å². The summed E-state index contributed by atoms with van der Waals surface area (Å²) in [5.74, 6) is -1.39. The van der Waals surface area contributed by atoms with Crippen molar-refractivity contribution in [3.8, 4) is 0 Å². The first-order chi connectivity index (χ1) is 7.59. The molecule has 2 rings (SSSR count). The highest BCUT2D eigenvalue weighted by Crippen LogP contribution is 2.38. The lowest BCUT2D eigenvalue weighted by Crippen LogP contribution is -2.27. The molecule has 2 N–H and O–H groups in total. The number of carbonyl (C=O) groups excluding carboxylic acids is 1. The molecule has 0 aliphatic heterocycles. The summed E-state index contributed by atoms with van der Waals surface area (Å²) in [7, 11) is 1.78. The molecule has 0 aromatic carbocycles. The maximum atomic E-state index is 11.5. The molecule has 16 heavy (non-hydrogen) atoms. The third-order valence-corrected chi connectivity index (χ3v) is 2.67. The van der Waals surface area contributed by atoms with E-state index in [1.807, 2.05) is 0 Å². The molecule has 1 aliphatic carbocycles. The lowest BCUT2D eigenvalue weighted by atomic mass is 10.3. The first-order valence-electron chi connectivity index (χ1n) is 4.93. The van der Waals surface area contributed by atoms with Crippen molar-refractivity contribution in [3.05, 3.63) is 12.2 Å². The largest absolute Gasteiger partial charge is 0.481 e. The molecule has 1 fully saturated rings. The topological polar surface area (TPSA) is 97.1 Å². The van der Waals surface area contributed by atoms with Crippen molar-refractivity contribution in [2.24, 2.45) is 18.9 Å². The van der Waals surface area contributed by atoms with Gasteiger partial charge in [0.1, 0.15) is 6.33 Å². The van der Waals surface area contributed by atoms with Gasteiger partial charge in [-0.05, 0) is 6.42 Å². The van der Waals surface area contributed by atoms with Gasteiger partial charge in [-0.25, -0.2) is 0 Å². The molecule has 0 radical (unpaired) electrons. The third-order valence-electron chi connectivity index (χ3n) is 2.67. The second-order valence-corrected chi connectivity index (χ2v) is 3.86. The molecule has 7 heteroatoms. The Morgan fingerprint density at radius 2 is 2.38 bits per heavy atom. The summed E-state index contributed by atoms with van der Waals surface area (Å²) in [6.07, 6.45) is 1.97. The van der Waals surface area contributed by atoms with Crippen LogP contribution in [-0.4, -0.2) is 31.7 Å². The number of carbonyl (C=O) groups is 2. The highest BCUT2D eigenvalue weighted by Gasteiger charge is 2.48. The summed E-state index contributed by atoms with van der Waals surface area (Å²) < 4.78 is 1.70. The van der Waals surface area contributed by atoms with E-state index in [1.165, 1.54) is 0 Å². The molecule has 1 aliphatic rings. The van der Waals surface area contributed by atoms with Crippen molar-refractivity contribution < 1.29 is 14.7 Å². The van der Waals surface area contributed by atoms with E-state index in [4.69, 9.17) is 5.11 Å². The molecular formula is C9H12N4O3. The Morgan fingerprint density at radius 3 is 2.88 bits per heavy atom. The molecule has 1 heterocycles. The number of nitrogens with zero attached hydrogens (tertiary/aromatic N) is 3. The van der Waals surface area contributed by atoms with Crippen LogP contribution in [0.3, 0.4) is 0 Å². The van der Waals surface area contributed by atoms with Crippen molar-refractivity contribution in [3.63, 3.8) is 0 Å². The molecule has 1 aromatic heterocycles. The van der Waals surface area contributed by atoms with Gasteiger partial charge in [0.05, 0.1) is 18.4 Å². The molecule has 2 atom stereocenters. The summed E-state index contributed by atoms with van der Waals surface area (Å²) >= 11 is 0. The molecule has 0 saturated heterocycles. The summed E-state index contributed by atoms with van der Waals surface area (Å²) in [6.45, 7) is 0.276. The molecule has 1 aromatic rings. The fraction of sp³-hybridized carbons (Fsp3) is 0.556. The zero-order chi connectivity index (χ0) is 11.7. The first kappa shape index (κ1) is 10.6. The molecule has 86 valence electrons. The SMILES string of the molecule is Cn1cnnc1CNC(=O)[C@@H]1C[C@@H]1C(=O)O. The minimum absolute atomic E-state index is 0.226. The Bertz CT molecular complexity index is 428. The molecule has 1 amide bonds. The summed E-state index contributed by atoms with van der Waals surface area (Å²) in [4.78, 5) is 22.1. The van der Waals surface area contributed by atoms with Crippen molar-refractivity contribution in [1.29, 1.82) is 0 Å². The summed E-state index contributed by atoms with van der Waals surface area (Å²) in [5, 5.41) is 18.8. The van der Waals surface area contributed by atoms with Crippen LogP contribution in [0, 0.1) is 11.8 Å². The number of hydrogen-bond donors (Lipinski definition) is 2. The van der Waals surface area contributed by atoms with Gasteiger partial charge in [0.2, 0.25) is 5.91 Å². The van der Waals surface area contributed by atoms with Gasteiger partial charge in [-0.3, -0.25) is 9.59 Å². The van der Waals surface area contributed by atoms with E-state index >= 15 is 0 Å². The zero-order valence-corrected chi connectivity index (χ0v) is 8.75. The van der Waals surface area contributed by atoms with Gasteiger partial charge in [-0.2, -0.15) is 0 Å². The number of amides is 1. The van der Waals surface area contributed by atoms with E-state index < -0.39 is 11.9 Å². The Hall–Kier alpha value is -1.92. The van der Waals surface area contributed by atoms with Gasteiger partial charge >= 0.3 is 5.97 Å². The first-order valence-corrected chi connectivity index (χ1v) is 4.93. The van der Waals surface area contributed by atoms with Crippen LogP contribution in [0.1, 0.15) is 12.2 Å². The summed E-state index contributed by atoms with van der Waals surface area (Å²) in [5.41, 5.74) is 0. The number of rotatable bonds is 4. The van der Waals surface area contributed by atoms with E-state index in [0.717, 1.165) is 0 Å². The fourth-order valence-corrected chi connectivity index (χ4v) is 1.52. The maximum Gasteiger partial charge on any atom is 0.307 e. The molecule has 0 spiro atoms. The van der Waals surface area contributed by atoms with E-state index in [0.29, 0.717) is 12.2 Å². The number of aromatic nitrogens is 3. The minimum Gasteiger partial charge on any atom is -0.481 e. The van der Waals surface area contributed by atoms with Gasteiger partial charge in [0, 0.05) is 7.05 Å². The predicted octanol–water partition coefficient (Wildman–Crippen LogP) is -0.848. The number of nitrogens with one attached hydrogen (secondary N) is 1. The number of hydrogen-bond acceptors (Lipinski definition) is 4. The van der Waals surface area contributed by atoms with Gasteiger partial charge in [-0.15, -0.1) is 10.2 Å². The lowest BCUT2D eigenvalue weighted by Gasteiger charge is -2.03. The van der Waals surface area contributed by atoms with E-state index in [-0.39, 0.29) is 18.4 Å². The van der Waals surface area contributed by atoms with Crippen molar-refractivity contribution in [1.82, 2.24) is 20.1 Å². The fourth-order valence-electron chi connectivity index (χ4n) is 1.52. The van der Waals surface area contributed by atoms with Crippen molar-refractivity contribution in [2.45, 2.75) is 13.0 Å². The van der Waals surface area contributed by atoms with Crippen LogP contribution in [0.15, 0.2) is 6.33 Å². The van der Waals surface area contributed by atoms with E-state index in [9.17, 15) is 9.59 Å². The van der Waals surface area contributed by atoms with Crippen molar-refractivity contribution >= 4 is 11.9 Å². The summed E-state index contributed by atoms with van der Waals surface area (Å²) in [6, 6.07) is 0. The van der Waals surface area contributed by atoms with Gasteiger partial charge in [0.15, 0.2) is 5.82 Å². The predicted molar refractivity (Wildman–Crippen MR) is 52.1 cm³/mol. The van der Waals surface area contributed by atoms with Gasteiger partial charge < -0.3 is 15.0 Å². The minimum atomic E-state index is -0.904. The standard InChI is InChI=1S/C9H12N4O3/c1-13-4-11-12-7(13)3-10-8(14)5-2-6(5)9(15)16/h4-6H,2-3H2,1H3,(H,10,14)(H,15,16)/t5-,6+/m1/s1. The second kappa shape index (κ2) is 3.92. The number of aliphatic carboxylic acids is 1. The van der Waals surface area contributed by atoms with Crippen LogP contribution in [0.4, 0.5) is 0 Å². The molecule has 7 nitrogen and oxygen atoms in total. The van der Waals surface area contributed by atoms with Crippen LogP contribution in [0.25, 0.3) is 0 Å². The Balaban J connectivity index is 1.82. The Morgan fingerprint density at radius 1 is 1.62 bits per heavy atom. The van der Waals surface area contributed by atoms with Gasteiger partial charge in [-0.1, -0.05) is 0 Å². The third kappa shape index (κ3) is 2.02. The Labute approximate surface area is 91.5 Å². The molecular weight excluding hydrogens is 212 g/mol. The highest BCUT2D eigenvalue weighted by molar-refractivity contribution is 5.89. The average molecular weight is 224 g/mol. The highest BCUT2D eigenvalue weighted by atomic mass is 16.4. The molecule has 0 bridgehead atoms. The van der Waals surface area contributed by atoms with E-state index in [2.05, 4.69) is 15.5 Å². The van der Waals surface area contributed by atoms with Gasteiger partial charge in [0.25, 0.3) is 0 Å². The van der Waals surface area contributed by atoms with Crippen LogP contribution in [0.5, 0.6) is 0 Å². The molecule has 1 saturated carbocycles. The van der Waals surface area contributed by atoms with Crippen molar-refractivity contribution in [2.75, 3.05) is 0 Å². The normalized spacial score (nSPS) is 22.8. The van der Waals surface area contributed by atoms with Crippen LogP contribution < -0.4 is 5.32 Å². The van der Waals surface area contributed by atoms with Crippen LogP contribution in [0.2, 0.25) is 0 Å². The Kier molecular flexibility index (Phi) is 2.59. The molecule has 0 unspecified atom stereocenters. The number of carboxylic acid groups (broad SMARTS) is 1. The smallest absolute Gasteiger partial charge is 0.307 e. The zero-order valence-electron chi connectivity index (χ0n) is 8.75. The number of carboxylic acids is 1. The van der Waals surface area contributed by atoms with E-state index in [1.54, 1.807) is 17.9 Å². The maximum absolute atomic E-state index is 11.5. The lowest BCUT2D eigenvalue weighted by molar-refractivity contribution is -0.140. The number of aryl methyl sites for hydroxylation is 1. The average Bonchev–Trinajstić information content (AvgIpc) is 2.94. The monoisotopic (exact) mass is 224 g/mol. The second-order valence-electron chi connectivity index (χ2n) is 3.86. The quantitative estimate of drug-likeness (QED) is 0.694. The van der Waals surface area contributed by atoms with Crippen LogP contribution in [-0.2, 0) is 23.2 Å².